The molecule has 0 aliphatic rings. The van der Waals surface area contributed by atoms with Gasteiger partial charge in [-0.25, -0.2) is 13.2 Å². The molecule has 3 rings (SSSR count). The van der Waals surface area contributed by atoms with Gasteiger partial charge in [-0.1, -0.05) is 41.4 Å². The van der Waals surface area contributed by atoms with Gasteiger partial charge < -0.3 is 4.98 Å². The third kappa shape index (κ3) is 2.67. The maximum Gasteiger partial charge on any atom is 0.340 e. The monoisotopic (exact) mass is 336 g/mol. The van der Waals surface area contributed by atoms with Crippen LogP contribution in [0.5, 0.6) is 0 Å². The largest absolute Gasteiger partial charge is 0.340 e. The van der Waals surface area contributed by atoms with Crippen LogP contribution in [0.4, 0.5) is 0 Å². The zero-order valence-electron chi connectivity index (χ0n) is 11.7. The van der Waals surface area contributed by atoms with E-state index in [-0.39, 0.29) is 11.3 Å². The molecule has 0 spiro atoms. The topological polar surface area (TPSA) is 71.9 Å². The highest BCUT2D eigenvalue weighted by molar-refractivity contribution is 7.89. The van der Waals surface area contributed by atoms with Crippen LogP contribution in [0.1, 0.15) is 11.1 Å². The second-order valence-corrected chi connectivity index (χ2v) is 7.35. The number of aryl methyl sites for hydroxylation is 1. The maximum absolute atomic E-state index is 12.6. The molecule has 0 atom stereocenters. The summed E-state index contributed by atoms with van der Waals surface area (Å²) in [6, 6.07) is 11.8. The van der Waals surface area contributed by atoms with Crippen LogP contribution in [0.15, 0.2) is 47.3 Å². The fourth-order valence-electron chi connectivity index (χ4n) is 2.29. The quantitative estimate of drug-likeness (QED) is 0.799. The number of hydrogen-bond acceptors (Lipinski definition) is 3. The van der Waals surface area contributed by atoms with E-state index < -0.39 is 15.7 Å². The number of H-pyrrole nitrogens is 1. The average molecular weight is 337 g/mol. The van der Waals surface area contributed by atoms with Gasteiger partial charge >= 0.3 is 5.69 Å². The van der Waals surface area contributed by atoms with Crippen LogP contribution in [0, 0.1) is 6.92 Å². The molecule has 1 aromatic heterocycles. The van der Waals surface area contributed by atoms with Gasteiger partial charge in [-0.2, -0.15) is 3.97 Å². The number of fused-ring (bicyclic) bond motifs is 1. The second kappa shape index (κ2) is 5.30. The lowest BCUT2D eigenvalue weighted by Crippen LogP contribution is -2.26. The number of nitrogens with one attached hydrogen (secondary N) is 1. The van der Waals surface area contributed by atoms with Crippen molar-refractivity contribution in [2.75, 3.05) is 0 Å². The second-order valence-electron chi connectivity index (χ2n) is 5.10. The van der Waals surface area contributed by atoms with Gasteiger partial charge in [0.15, 0.2) is 0 Å². The fourth-order valence-corrected chi connectivity index (χ4v) is 3.95. The van der Waals surface area contributed by atoms with Crippen LogP contribution in [0.25, 0.3) is 11.0 Å². The smallest absolute Gasteiger partial charge is 0.305 e. The lowest BCUT2D eigenvalue weighted by molar-refractivity contribution is 0.586. The third-order valence-corrected chi connectivity index (χ3v) is 5.20. The summed E-state index contributed by atoms with van der Waals surface area (Å²) >= 11 is 5.90. The number of nitrogens with zero attached hydrogens (tertiary/aromatic N) is 1. The molecule has 0 unspecified atom stereocenters. The Balaban J connectivity index is 2.13. The van der Waals surface area contributed by atoms with Crippen molar-refractivity contribution in [1.82, 2.24) is 8.96 Å². The van der Waals surface area contributed by atoms with Crippen molar-refractivity contribution in [1.29, 1.82) is 0 Å². The Morgan fingerprint density at radius 3 is 2.50 bits per heavy atom. The minimum Gasteiger partial charge on any atom is -0.305 e. The molecule has 0 radical (unpaired) electrons. The predicted octanol–water partition coefficient (Wildman–Crippen LogP) is 2.67. The molecule has 5 nitrogen and oxygen atoms in total. The molecule has 0 fully saturated rings. The zero-order valence-corrected chi connectivity index (χ0v) is 13.3. The molecule has 22 heavy (non-hydrogen) atoms. The predicted molar refractivity (Wildman–Crippen MR) is 86.8 cm³/mol. The van der Waals surface area contributed by atoms with E-state index in [1.165, 1.54) is 6.07 Å². The first kappa shape index (κ1) is 14.9. The lowest BCUT2D eigenvalue weighted by atomic mass is 10.2. The highest BCUT2D eigenvalue weighted by Gasteiger charge is 2.21. The molecule has 3 aromatic rings. The molecule has 0 amide bonds. The summed E-state index contributed by atoms with van der Waals surface area (Å²) in [5, 5.41) is 0.366. The number of imidazole rings is 1. The van der Waals surface area contributed by atoms with Crippen molar-refractivity contribution in [2.45, 2.75) is 12.7 Å². The maximum atomic E-state index is 12.6. The van der Waals surface area contributed by atoms with Gasteiger partial charge in [-0.3, -0.25) is 0 Å². The Hall–Kier alpha value is -2.05. The number of hydrogen-bond donors (Lipinski definition) is 1. The van der Waals surface area contributed by atoms with E-state index in [9.17, 15) is 13.2 Å². The first-order valence-electron chi connectivity index (χ1n) is 6.56. The van der Waals surface area contributed by atoms with E-state index in [0.717, 1.165) is 9.54 Å². The van der Waals surface area contributed by atoms with Gasteiger partial charge in [0.25, 0.3) is 0 Å². The number of benzene rings is 2. The van der Waals surface area contributed by atoms with E-state index in [2.05, 4.69) is 4.98 Å². The van der Waals surface area contributed by atoms with Crippen LogP contribution in [-0.2, 0) is 15.8 Å². The summed E-state index contributed by atoms with van der Waals surface area (Å²) in [6.45, 7) is 1.92. The fraction of sp³-hybridized carbons (Fsp3) is 0.133. The Morgan fingerprint density at radius 2 is 1.82 bits per heavy atom. The van der Waals surface area contributed by atoms with Crippen molar-refractivity contribution < 1.29 is 8.42 Å². The molecule has 7 heteroatoms. The standard InChI is InChI=1S/C15H13ClN2O3S/c1-10-2-4-11(5-3-10)9-22(20,21)18-14-8-12(16)6-7-13(14)17-15(18)19/h2-8H,9H2,1H3,(H,17,19). The van der Waals surface area contributed by atoms with Crippen LogP contribution < -0.4 is 5.69 Å². The molecule has 0 aliphatic heterocycles. The summed E-state index contributed by atoms with van der Waals surface area (Å²) < 4.78 is 26.0. The molecular formula is C15H13ClN2O3S. The highest BCUT2D eigenvalue weighted by atomic mass is 35.5. The van der Waals surface area contributed by atoms with Crippen LogP contribution in [0.2, 0.25) is 5.02 Å². The number of aromatic amines is 1. The molecule has 2 aromatic carbocycles. The van der Waals surface area contributed by atoms with Crippen molar-refractivity contribution in [3.63, 3.8) is 0 Å². The molecule has 1 N–H and O–H groups in total. The minimum atomic E-state index is -3.84. The summed E-state index contributed by atoms with van der Waals surface area (Å²) in [4.78, 5) is 14.6. The Bertz CT molecular complexity index is 1000. The number of aromatic nitrogens is 2. The molecule has 0 aliphatic carbocycles. The summed E-state index contributed by atoms with van der Waals surface area (Å²) in [5.41, 5.74) is 1.65. The van der Waals surface area contributed by atoms with Gasteiger partial charge in [0, 0.05) is 5.02 Å². The summed E-state index contributed by atoms with van der Waals surface area (Å²) in [5.74, 6) is -0.257. The third-order valence-electron chi connectivity index (χ3n) is 3.35. The van der Waals surface area contributed by atoms with E-state index >= 15 is 0 Å². The SMILES string of the molecule is Cc1ccc(CS(=O)(=O)n2c(=O)[nH]c3ccc(Cl)cc32)cc1. The minimum absolute atomic E-state index is 0.254. The van der Waals surface area contributed by atoms with Gasteiger partial charge in [-0.15, -0.1) is 0 Å². The summed E-state index contributed by atoms with van der Waals surface area (Å²) in [6.07, 6.45) is 0. The van der Waals surface area contributed by atoms with Crippen LogP contribution in [-0.4, -0.2) is 17.4 Å². The molecule has 0 saturated heterocycles. The lowest BCUT2D eigenvalue weighted by Gasteiger charge is -2.06. The van der Waals surface area contributed by atoms with Crippen LogP contribution >= 0.6 is 11.6 Å². The highest BCUT2D eigenvalue weighted by Crippen LogP contribution is 2.19. The first-order valence-corrected chi connectivity index (χ1v) is 8.54. The number of rotatable bonds is 3. The van der Waals surface area contributed by atoms with E-state index in [4.69, 9.17) is 11.6 Å². The van der Waals surface area contributed by atoms with E-state index in [1.54, 1.807) is 24.3 Å². The molecule has 0 bridgehead atoms. The van der Waals surface area contributed by atoms with Gasteiger partial charge in [-0.05, 0) is 30.7 Å². The molecule has 114 valence electrons. The Labute approximate surface area is 132 Å². The van der Waals surface area contributed by atoms with Crippen LogP contribution in [0.3, 0.4) is 0 Å². The summed E-state index contributed by atoms with van der Waals surface area (Å²) in [7, 11) is -3.84. The average Bonchev–Trinajstić information content (AvgIpc) is 2.77. The van der Waals surface area contributed by atoms with E-state index in [0.29, 0.717) is 16.1 Å². The van der Waals surface area contributed by atoms with Gasteiger partial charge in [0.05, 0.1) is 16.8 Å². The Morgan fingerprint density at radius 1 is 1.14 bits per heavy atom. The normalized spacial score (nSPS) is 11.9. The zero-order chi connectivity index (χ0) is 15.9. The molecule has 0 saturated carbocycles. The van der Waals surface area contributed by atoms with Crippen molar-refractivity contribution >= 4 is 32.7 Å². The van der Waals surface area contributed by atoms with Crippen molar-refractivity contribution in [2.24, 2.45) is 0 Å². The van der Waals surface area contributed by atoms with Gasteiger partial charge in [0.2, 0.25) is 10.0 Å². The first-order chi connectivity index (χ1) is 10.4. The van der Waals surface area contributed by atoms with Gasteiger partial charge in [0.1, 0.15) is 0 Å². The van der Waals surface area contributed by atoms with Crippen molar-refractivity contribution in [3.8, 4) is 0 Å². The Kier molecular flexibility index (Phi) is 3.58. The molecular weight excluding hydrogens is 324 g/mol. The van der Waals surface area contributed by atoms with Crippen molar-refractivity contribution in [3.05, 3.63) is 69.1 Å². The number of halogens is 1. The molecule has 1 heterocycles. The van der Waals surface area contributed by atoms with E-state index in [1.807, 2.05) is 19.1 Å².